The average molecular weight is 180 g/mol. The lowest BCUT2D eigenvalue weighted by molar-refractivity contribution is 0.201. The highest BCUT2D eigenvalue weighted by Gasteiger charge is 1.86. The van der Waals surface area contributed by atoms with Gasteiger partial charge >= 0.3 is 0 Å². The van der Waals surface area contributed by atoms with Crippen molar-refractivity contribution in [3.8, 4) is 5.75 Å². The second-order valence-electron chi connectivity index (χ2n) is 2.29. The van der Waals surface area contributed by atoms with E-state index in [1.54, 1.807) is 6.08 Å². The molecule has 72 valence electrons. The van der Waals surface area contributed by atoms with Crippen LogP contribution in [0.1, 0.15) is 6.92 Å². The van der Waals surface area contributed by atoms with Crippen LogP contribution in [0.4, 0.5) is 0 Å². The second-order valence-corrected chi connectivity index (χ2v) is 2.29. The number of hydrogen-bond donors (Lipinski definition) is 1. The molecule has 0 spiro atoms. The SMILES string of the molecule is C=CC.OCCOc1ccccc1. The van der Waals surface area contributed by atoms with Crippen molar-refractivity contribution >= 4 is 0 Å². The molecule has 0 saturated carbocycles. The Kier molecular flexibility index (Phi) is 7.95. The average Bonchev–Trinajstić information content (AvgIpc) is 2.18. The van der Waals surface area contributed by atoms with E-state index >= 15 is 0 Å². The summed E-state index contributed by atoms with van der Waals surface area (Å²) >= 11 is 0. The van der Waals surface area contributed by atoms with Crippen LogP contribution in [-0.2, 0) is 0 Å². The van der Waals surface area contributed by atoms with Gasteiger partial charge in [0, 0.05) is 0 Å². The maximum absolute atomic E-state index is 8.40. The third-order valence-corrected chi connectivity index (χ3v) is 1.10. The van der Waals surface area contributed by atoms with Crippen LogP contribution in [0, 0.1) is 0 Å². The molecule has 1 rings (SSSR count). The van der Waals surface area contributed by atoms with Crippen LogP contribution >= 0.6 is 0 Å². The Labute approximate surface area is 79.5 Å². The minimum absolute atomic E-state index is 0.0644. The van der Waals surface area contributed by atoms with E-state index in [2.05, 4.69) is 6.58 Å². The molecule has 0 aliphatic carbocycles. The number of hydrogen-bond acceptors (Lipinski definition) is 2. The third kappa shape index (κ3) is 7.09. The number of allylic oxidation sites excluding steroid dienone is 1. The third-order valence-electron chi connectivity index (χ3n) is 1.10. The van der Waals surface area contributed by atoms with Gasteiger partial charge in [0.1, 0.15) is 12.4 Å². The molecule has 0 aliphatic heterocycles. The molecule has 0 bridgehead atoms. The van der Waals surface area contributed by atoms with Gasteiger partial charge in [-0.15, -0.1) is 6.58 Å². The van der Waals surface area contributed by atoms with Crippen LogP contribution in [0.3, 0.4) is 0 Å². The number of aliphatic hydroxyl groups is 1. The van der Waals surface area contributed by atoms with Crippen molar-refractivity contribution in [1.82, 2.24) is 0 Å². The van der Waals surface area contributed by atoms with Crippen molar-refractivity contribution < 1.29 is 9.84 Å². The van der Waals surface area contributed by atoms with Gasteiger partial charge in [0.2, 0.25) is 0 Å². The fourth-order valence-corrected chi connectivity index (χ4v) is 0.680. The molecule has 1 aromatic rings. The summed E-state index contributed by atoms with van der Waals surface area (Å²) in [4.78, 5) is 0. The number of aliphatic hydroxyl groups excluding tert-OH is 1. The standard InChI is InChI=1S/C8H10O2.C3H6/c9-6-7-10-8-4-2-1-3-5-8;1-3-2/h1-5,9H,6-7H2;3H,1H2,2H3. The van der Waals surface area contributed by atoms with Crippen LogP contribution in [0.5, 0.6) is 5.75 Å². The number of rotatable bonds is 3. The molecule has 1 aromatic carbocycles. The Hall–Kier alpha value is -1.28. The zero-order valence-electron chi connectivity index (χ0n) is 7.94. The van der Waals surface area contributed by atoms with Crippen LogP contribution in [0.15, 0.2) is 43.0 Å². The summed E-state index contributed by atoms with van der Waals surface area (Å²) in [7, 11) is 0. The van der Waals surface area contributed by atoms with E-state index < -0.39 is 0 Å². The van der Waals surface area contributed by atoms with E-state index in [-0.39, 0.29) is 6.61 Å². The predicted octanol–water partition coefficient (Wildman–Crippen LogP) is 2.25. The summed E-state index contributed by atoms with van der Waals surface area (Å²) in [5.41, 5.74) is 0. The predicted molar refractivity (Wildman–Crippen MR) is 54.9 cm³/mol. The summed E-state index contributed by atoms with van der Waals surface area (Å²) in [5, 5.41) is 8.40. The maximum atomic E-state index is 8.40. The van der Waals surface area contributed by atoms with Crippen LogP contribution in [0.25, 0.3) is 0 Å². The molecule has 2 nitrogen and oxygen atoms in total. The fraction of sp³-hybridized carbons (Fsp3) is 0.273. The normalized spacial score (nSPS) is 8.15. The van der Waals surface area contributed by atoms with Gasteiger partial charge in [0.05, 0.1) is 6.61 Å². The van der Waals surface area contributed by atoms with E-state index in [1.807, 2.05) is 37.3 Å². The molecule has 2 heteroatoms. The molecule has 0 saturated heterocycles. The Morgan fingerprint density at radius 3 is 2.38 bits per heavy atom. The summed E-state index contributed by atoms with van der Waals surface area (Å²) < 4.78 is 5.11. The molecule has 1 N–H and O–H groups in total. The van der Waals surface area contributed by atoms with Crippen molar-refractivity contribution in [2.45, 2.75) is 6.92 Å². The van der Waals surface area contributed by atoms with Crippen molar-refractivity contribution in [3.63, 3.8) is 0 Å². The first kappa shape index (κ1) is 11.7. The fourth-order valence-electron chi connectivity index (χ4n) is 0.680. The molecule has 0 aromatic heterocycles. The van der Waals surface area contributed by atoms with E-state index in [4.69, 9.17) is 9.84 Å². The Balaban J connectivity index is 0.000000424. The maximum Gasteiger partial charge on any atom is 0.119 e. The van der Waals surface area contributed by atoms with Gasteiger partial charge in [-0.25, -0.2) is 0 Å². The van der Waals surface area contributed by atoms with Crippen molar-refractivity contribution in [3.05, 3.63) is 43.0 Å². The number of para-hydroxylation sites is 1. The molecule has 13 heavy (non-hydrogen) atoms. The lowest BCUT2D eigenvalue weighted by Crippen LogP contribution is -2.00. The molecule has 0 heterocycles. The summed E-state index contributed by atoms with van der Waals surface area (Å²) in [6, 6.07) is 9.43. The summed E-state index contributed by atoms with van der Waals surface area (Å²) in [5.74, 6) is 0.802. The summed E-state index contributed by atoms with van der Waals surface area (Å²) in [6.45, 7) is 5.68. The van der Waals surface area contributed by atoms with Gasteiger partial charge in [0.15, 0.2) is 0 Å². The Morgan fingerprint density at radius 2 is 1.92 bits per heavy atom. The first-order valence-electron chi connectivity index (χ1n) is 4.21. The Bertz CT molecular complexity index is 207. The van der Waals surface area contributed by atoms with Gasteiger partial charge in [-0.1, -0.05) is 24.3 Å². The van der Waals surface area contributed by atoms with E-state index in [1.165, 1.54) is 0 Å². The largest absolute Gasteiger partial charge is 0.491 e. The monoisotopic (exact) mass is 180 g/mol. The molecule has 0 atom stereocenters. The first-order valence-corrected chi connectivity index (χ1v) is 4.21. The molecule has 0 aliphatic rings. The van der Waals surface area contributed by atoms with Gasteiger partial charge in [-0.2, -0.15) is 0 Å². The smallest absolute Gasteiger partial charge is 0.119 e. The first-order chi connectivity index (χ1) is 6.35. The topological polar surface area (TPSA) is 29.5 Å². The lowest BCUT2D eigenvalue weighted by Gasteiger charge is -2.01. The van der Waals surface area contributed by atoms with Crippen molar-refractivity contribution in [2.75, 3.05) is 13.2 Å². The number of ether oxygens (including phenoxy) is 1. The quantitative estimate of drug-likeness (QED) is 0.723. The Morgan fingerprint density at radius 1 is 1.38 bits per heavy atom. The molecular formula is C11H16O2. The molecule has 0 amide bonds. The minimum Gasteiger partial charge on any atom is -0.491 e. The van der Waals surface area contributed by atoms with Crippen LogP contribution in [-0.4, -0.2) is 18.3 Å². The van der Waals surface area contributed by atoms with Gasteiger partial charge in [-0.05, 0) is 19.1 Å². The van der Waals surface area contributed by atoms with Gasteiger partial charge in [-0.3, -0.25) is 0 Å². The van der Waals surface area contributed by atoms with Crippen LogP contribution in [0.2, 0.25) is 0 Å². The van der Waals surface area contributed by atoms with E-state index in [0.717, 1.165) is 5.75 Å². The zero-order chi connectivity index (χ0) is 9.94. The van der Waals surface area contributed by atoms with E-state index in [0.29, 0.717) is 6.61 Å². The highest BCUT2D eigenvalue weighted by atomic mass is 16.5. The van der Waals surface area contributed by atoms with Crippen LogP contribution < -0.4 is 4.74 Å². The number of benzene rings is 1. The zero-order valence-corrected chi connectivity index (χ0v) is 7.94. The molecular weight excluding hydrogens is 164 g/mol. The second kappa shape index (κ2) is 8.81. The van der Waals surface area contributed by atoms with Gasteiger partial charge in [0.25, 0.3) is 0 Å². The van der Waals surface area contributed by atoms with E-state index in [9.17, 15) is 0 Å². The molecule has 0 unspecified atom stereocenters. The van der Waals surface area contributed by atoms with Crippen molar-refractivity contribution in [2.24, 2.45) is 0 Å². The lowest BCUT2D eigenvalue weighted by atomic mass is 10.3. The highest BCUT2D eigenvalue weighted by molar-refractivity contribution is 5.20. The highest BCUT2D eigenvalue weighted by Crippen LogP contribution is 2.06. The summed E-state index contributed by atoms with van der Waals surface area (Å²) in [6.07, 6.45) is 1.75. The van der Waals surface area contributed by atoms with Crippen molar-refractivity contribution in [1.29, 1.82) is 0 Å². The molecule has 0 fully saturated rings. The molecule has 0 radical (unpaired) electrons. The minimum atomic E-state index is 0.0644. The van der Waals surface area contributed by atoms with Gasteiger partial charge < -0.3 is 9.84 Å².